The van der Waals surface area contributed by atoms with Crippen LogP contribution in [0.25, 0.3) is 0 Å². The summed E-state index contributed by atoms with van der Waals surface area (Å²) in [5, 5.41) is 2.90. The number of ether oxygens (including phenoxy) is 1. The van der Waals surface area contributed by atoms with Crippen molar-refractivity contribution in [3.8, 4) is 0 Å². The summed E-state index contributed by atoms with van der Waals surface area (Å²) in [6.45, 7) is -0.687. The maximum Gasteiger partial charge on any atom is 0.345 e. The molecule has 11 heteroatoms. The number of rotatable bonds is 4. The number of carbonyl (C=O) groups excluding carboxylic acids is 2. The first-order valence-corrected chi connectivity index (χ1v) is 7.35. The quantitative estimate of drug-likeness (QED) is 0.541. The van der Waals surface area contributed by atoms with Gasteiger partial charge in [0.2, 0.25) is 0 Å². The Morgan fingerprint density at radius 3 is 2.42 bits per heavy atom. The fourth-order valence-corrected chi connectivity index (χ4v) is 2.17. The molecule has 2 aromatic rings. The molecule has 8 nitrogen and oxygen atoms in total. The SMILES string of the molecule is O=C(COC(=O)c1c[nH]c(=O)[nH]c1=O)Nc1cc(Cl)c(Cl)cc1Cl. The fraction of sp³-hybridized carbons (Fsp3) is 0.0769. The van der Waals surface area contributed by atoms with Crippen molar-refractivity contribution in [1.29, 1.82) is 0 Å². The molecule has 0 fully saturated rings. The van der Waals surface area contributed by atoms with Crippen molar-refractivity contribution in [3.63, 3.8) is 0 Å². The van der Waals surface area contributed by atoms with Crippen LogP contribution in [0.4, 0.5) is 5.69 Å². The number of aromatic nitrogens is 2. The van der Waals surface area contributed by atoms with E-state index in [1.54, 1.807) is 0 Å². The minimum atomic E-state index is -1.08. The second-order valence-electron chi connectivity index (χ2n) is 4.36. The van der Waals surface area contributed by atoms with Crippen molar-refractivity contribution in [2.75, 3.05) is 11.9 Å². The van der Waals surface area contributed by atoms with Crippen LogP contribution >= 0.6 is 34.8 Å². The standard InChI is InChI=1S/C13H8Cl3N3O5/c14-6-1-8(16)9(2-7(6)15)18-10(20)4-24-12(22)5-3-17-13(23)19-11(5)21/h1-3H,4H2,(H,18,20)(H2,17,19,21,23). The van der Waals surface area contributed by atoms with Gasteiger partial charge in [0.15, 0.2) is 6.61 Å². The van der Waals surface area contributed by atoms with Gasteiger partial charge in [0, 0.05) is 6.20 Å². The van der Waals surface area contributed by atoms with Gasteiger partial charge in [-0.1, -0.05) is 34.8 Å². The molecule has 0 atom stereocenters. The van der Waals surface area contributed by atoms with Gasteiger partial charge in [0.05, 0.1) is 20.8 Å². The Kier molecular flexibility index (Phi) is 5.66. The third kappa shape index (κ3) is 4.38. The molecule has 2 rings (SSSR count). The van der Waals surface area contributed by atoms with E-state index < -0.39 is 35.3 Å². The predicted octanol–water partition coefficient (Wildman–Crippen LogP) is 1.82. The Morgan fingerprint density at radius 2 is 1.75 bits per heavy atom. The summed E-state index contributed by atoms with van der Waals surface area (Å²) in [5.41, 5.74) is -1.98. The molecule has 0 unspecified atom stereocenters. The molecule has 1 aromatic carbocycles. The Hall–Kier alpha value is -2.29. The average Bonchev–Trinajstić information content (AvgIpc) is 2.50. The Bertz CT molecular complexity index is 922. The van der Waals surface area contributed by atoms with Crippen LogP contribution in [0.3, 0.4) is 0 Å². The number of hydrogen-bond donors (Lipinski definition) is 3. The van der Waals surface area contributed by atoms with Gasteiger partial charge in [0.1, 0.15) is 5.56 Å². The minimum absolute atomic E-state index is 0.140. The van der Waals surface area contributed by atoms with Crippen LogP contribution in [0.15, 0.2) is 27.9 Å². The van der Waals surface area contributed by atoms with Crippen molar-refractivity contribution in [2.24, 2.45) is 0 Å². The zero-order chi connectivity index (χ0) is 17.9. The summed E-state index contributed by atoms with van der Waals surface area (Å²) >= 11 is 17.5. The molecule has 0 aliphatic rings. The van der Waals surface area contributed by atoms with E-state index in [1.807, 2.05) is 4.98 Å². The molecule has 1 heterocycles. The minimum Gasteiger partial charge on any atom is -0.452 e. The summed E-state index contributed by atoms with van der Waals surface area (Å²) in [4.78, 5) is 49.7. The van der Waals surface area contributed by atoms with E-state index in [2.05, 4.69) is 15.0 Å². The van der Waals surface area contributed by atoms with Crippen LogP contribution in [0.2, 0.25) is 15.1 Å². The first-order valence-electron chi connectivity index (χ1n) is 6.21. The largest absolute Gasteiger partial charge is 0.452 e. The zero-order valence-electron chi connectivity index (χ0n) is 11.6. The van der Waals surface area contributed by atoms with Gasteiger partial charge >= 0.3 is 11.7 Å². The lowest BCUT2D eigenvalue weighted by Gasteiger charge is -2.09. The van der Waals surface area contributed by atoms with Crippen LogP contribution in [0.1, 0.15) is 10.4 Å². The highest BCUT2D eigenvalue weighted by molar-refractivity contribution is 6.44. The summed E-state index contributed by atoms with van der Waals surface area (Å²) in [7, 11) is 0. The lowest BCUT2D eigenvalue weighted by atomic mass is 10.3. The summed E-state index contributed by atoms with van der Waals surface area (Å²) in [5.74, 6) is -1.80. The number of carbonyl (C=O) groups is 2. The smallest absolute Gasteiger partial charge is 0.345 e. The molecule has 1 aromatic heterocycles. The molecule has 0 saturated carbocycles. The Labute approximate surface area is 148 Å². The molecule has 1 amide bonds. The van der Waals surface area contributed by atoms with Gasteiger partial charge in [-0.05, 0) is 12.1 Å². The average molecular weight is 393 g/mol. The zero-order valence-corrected chi connectivity index (χ0v) is 13.9. The van der Waals surface area contributed by atoms with Gasteiger partial charge < -0.3 is 15.0 Å². The third-order valence-electron chi connectivity index (χ3n) is 2.66. The van der Waals surface area contributed by atoms with Crippen molar-refractivity contribution in [2.45, 2.75) is 0 Å². The number of nitrogens with one attached hydrogen (secondary N) is 3. The van der Waals surface area contributed by atoms with E-state index in [4.69, 9.17) is 34.8 Å². The number of hydrogen-bond acceptors (Lipinski definition) is 5. The topological polar surface area (TPSA) is 121 Å². The first-order chi connectivity index (χ1) is 11.3. The predicted molar refractivity (Wildman–Crippen MR) is 88.1 cm³/mol. The second-order valence-corrected chi connectivity index (χ2v) is 5.58. The van der Waals surface area contributed by atoms with Crippen LogP contribution in [0, 0.1) is 0 Å². The molecule has 3 N–H and O–H groups in total. The molecule has 126 valence electrons. The number of aromatic amines is 2. The second kappa shape index (κ2) is 7.52. The van der Waals surface area contributed by atoms with Crippen LogP contribution in [0.5, 0.6) is 0 Å². The molecule has 0 radical (unpaired) electrons. The van der Waals surface area contributed by atoms with Crippen molar-refractivity contribution < 1.29 is 14.3 Å². The van der Waals surface area contributed by atoms with E-state index in [-0.39, 0.29) is 20.8 Å². The molecule has 0 aliphatic heterocycles. The molecule has 24 heavy (non-hydrogen) atoms. The van der Waals surface area contributed by atoms with Crippen molar-refractivity contribution >= 4 is 52.4 Å². The number of benzene rings is 1. The molecular weight excluding hydrogens is 385 g/mol. The maximum atomic E-state index is 11.8. The lowest BCUT2D eigenvalue weighted by molar-refractivity contribution is -0.119. The molecule has 0 aliphatic carbocycles. The number of H-pyrrole nitrogens is 2. The highest BCUT2D eigenvalue weighted by atomic mass is 35.5. The summed E-state index contributed by atoms with van der Waals surface area (Å²) < 4.78 is 4.68. The van der Waals surface area contributed by atoms with Gasteiger partial charge in [-0.2, -0.15) is 0 Å². The highest BCUT2D eigenvalue weighted by Gasteiger charge is 2.15. The Morgan fingerprint density at radius 1 is 1.08 bits per heavy atom. The van der Waals surface area contributed by atoms with E-state index in [0.717, 1.165) is 6.20 Å². The molecular formula is C13H8Cl3N3O5. The van der Waals surface area contributed by atoms with Crippen molar-refractivity contribution in [3.05, 3.63) is 59.8 Å². The van der Waals surface area contributed by atoms with Crippen molar-refractivity contribution in [1.82, 2.24) is 9.97 Å². The maximum absolute atomic E-state index is 11.8. The monoisotopic (exact) mass is 391 g/mol. The van der Waals surface area contributed by atoms with Crippen LogP contribution < -0.4 is 16.6 Å². The summed E-state index contributed by atoms with van der Waals surface area (Å²) in [6.07, 6.45) is 0.886. The molecule has 0 spiro atoms. The van der Waals surface area contributed by atoms with E-state index in [0.29, 0.717) is 0 Å². The molecule has 0 bridgehead atoms. The number of amides is 1. The molecule has 0 saturated heterocycles. The first kappa shape index (κ1) is 18.1. The highest BCUT2D eigenvalue weighted by Crippen LogP contribution is 2.32. The lowest BCUT2D eigenvalue weighted by Crippen LogP contribution is -2.29. The number of halogens is 3. The fourth-order valence-electron chi connectivity index (χ4n) is 1.57. The Balaban J connectivity index is 2.01. The normalized spacial score (nSPS) is 10.3. The van der Waals surface area contributed by atoms with Gasteiger partial charge in [-0.3, -0.25) is 14.6 Å². The van der Waals surface area contributed by atoms with Gasteiger partial charge in [-0.25, -0.2) is 9.59 Å². The van der Waals surface area contributed by atoms with Crippen LogP contribution in [-0.4, -0.2) is 28.5 Å². The van der Waals surface area contributed by atoms with Gasteiger partial charge in [0.25, 0.3) is 11.5 Å². The number of esters is 1. The van der Waals surface area contributed by atoms with E-state index in [1.165, 1.54) is 12.1 Å². The number of anilines is 1. The van der Waals surface area contributed by atoms with Crippen LogP contribution in [-0.2, 0) is 9.53 Å². The van der Waals surface area contributed by atoms with Gasteiger partial charge in [-0.15, -0.1) is 0 Å². The van der Waals surface area contributed by atoms with E-state index >= 15 is 0 Å². The third-order valence-corrected chi connectivity index (χ3v) is 3.69. The van der Waals surface area contributed by atoms with E-state index in [9.17, 15) is 19.2 Å². The summed E-state index contributed by atoms with van der Waals surface area (Å²) in [6, 6.07) is 2.67.